The standard InChI is InChI=1S/C21H27N3O3S/c1-17-8-6-7-9-19(17)16-23-12-14-24(15-13-23)21(25)18(2)22-28(26,27)20-10-4-3-5-11-20/h3-11,18,22H,12-16H2,1-2H3. The highest BCUT2D eigenvalue weighted by molar-refractivity contribution is 7.89. The lowest BCUT2D eigenvalue weighted by atomic mass is 10.1. The minimum atomic E-state index is -3.71. The fourth-order valence-electron chi connectivity index (χ4n) is 3.38. The third kappa shape index (κ3) is 4.98. The number of piperazine rings is 1. The highest BCUT2D eigenvalue weighted by atomic mass is 32.2. The smallest absolute Gasteiger partial charge is 0.241 e. The fraction of sp³-hybridized carbons (Fsp3) is 0.381. The van der Waals surface area contributed by atoms with Crippen LogP contribution in [0.3, 0.4) is 0 Å². The predicted octanol–water partition coefficient (Wildman–Crippen LogP) is 2.01. The van der Waals surface area contributed by atoms with Crippen LogP contribution < -0.4 is 4.72 Å². The van der Waals surface area contributed by atoms with E-state index in [0.717, 1.165) is 19.6 Å². The van der Waals surface area contributed by atoms with Gasteiger partial charge in [0.25, 0.3) is 0 Å². The van der Waals surface area contributed by atoms with Gasteiger partial charge < -0.3 is 4.90 Å². The zero-order valence-electron chi connectivity index (χ0n) is 16.3. The monoisotopic (exact) mass is 401 g/mol. The van der Waals surface area contributed by atoms with Crippen LogP contribution in [0.5, 0.6) is 0 Å². The molecule has 7 heteroatoms. The zero-order chi connectivity index (χ0) is 20.1. The minimum absolute atomic E-state index is 0.165. The Bertz CT molecular complexity index is 908. The summed E-state index contributed by atoms with van der Waals surface area (Å²) in [5.41, 5.74) is 2.57. The van der Waals surface area contributed by atoms with Crippen molar-refractivity contribution in [2.45, 2.75) is 31.3 Å². The van der Waals surface area contributed by atoms with E-state index in [1.807, 2.05) is 12.1 Å². The molecule has 2 aromatic carbocycles. The molecule has 0 spiro atoms. The van der Waals surface area contributed by atoms with Crippen LogP contribution in [0.25, 0.3) is 0 Å². The molecule has 28 heavy (non-hydrogen) atoms. The van der Waals surface area contributed by atoms with E-state index in [1.165, 1.54) is 23.3 Å². The van der Waals surface area contributed by atoms with Gasteiger partial charge in [0.05, 0.1) is 10.9 Å². The molecule has 150 valence electrons. The molecule has 1 amide bonds. The maximum atomic E-state index is 12.7. The van der Waals surface area contributed by atoms with E-state index in [1.54, 1.807) is 30.0 Å². The van der Waals surface area contributed by atoms with Crippen LogP contribution in [0.1, 0.15) is 18.1 Å². The van der Waals surface area contributed by atoms with Crippen molar-refractivity contribution in [1.29, 1.82) is 0 Å². The van der Waals surface area contributed by atoms with Crippen molar-refractivity contribution < 1.29 is 13.2 Å². The molecule has 2 aromatic rings. The first-order chi connectivity index (χ1) is 13.4. The van der Waals surface area contributed by atoms with Crippen LogP contribution in [0.4, 0.5) is 0 Å². The van der Waals surface area contributed by atoms with Gasteiger partial charge in [0, 0.05) is 32.7 Å². The first kappa shape index (κ1) is 20.5. The molecule has 0 bridgehead atoms. The van der Waals surface area contributed by atoms with Gasteiger partial charge in [-0.25, -0.2) is 8.42 Å². The number of benzene rings is 2. The lowest BCUT2D eigenvalue weighted by molar-refractivity contribution is -0.134. The summed E-state index contributed by atoms with van der Waals surface area (Å²) in [6.07, 6.45) is 0. The number of rotatable bonds is 6. The molecule has 1 N–H and O–H groups in total. The Balaban J connectivity index is 1.54. The Hall–Kier alpha value is -2.22. The lowest BCUT2D eigenvalue weighted by Gasteiger charge is -2.36. The van der Waals surface area contributed by atoms with Crippen molar-refractivity contribution in [1.82, 2.24) is 14.5 Å². The van der Waals surface area contributed by atoms with E-state index in [9.17, 15) is 13.2 Å². The largest absolute Gasteiger partial charge is 0.339 e. The number of carbonyl (C=O) groups excluding carboxylic acids is 1. The summed E-state index contributed by atoms with van der Waals surface area (Å²) in [6, 6.07) is 15.6. The van der Waals surface area contributed by atoms with Gasteiger partial charge in [0.15, 0.2) is 0 Å². The summed E-state index contributed by atoms with van der Waals surface area (Å²) in [7, 11) is -3.71. The summed E-state index contributed by atoms with van der Waals surface area (Å²) < 4.78 is 27.3. The first-order valence-corrected chi connectivity index (χ1v) is 11.0. The van der Waals surface area contributed by atoms with Crippen LogP contribution in [-0.4, -0.2) is 56.3 Å². The summed E-state index contributed by atoms with van der Waals surface area (Å²) in [6.45, 7) is 7.32. The number of hydrogen-bond donors (Lipinski definition) is 1. The Labute approximate surface area is 167 Å². The second-order valence-corrected chi connectivity index (χ2v) is 8.90. The topological polar surface area (TPSA) is 69.7 Å². The third-order valence-electron chi connectivity index (χ3n) is 5.10. The molecule has 1 fully saturated rings. The zero-order valence-corrected chi connectivity index (χ0v) is 17.2. The molecule has 1 heterocycles. The molecule has 1 unspecified atom stereocenters. The van der Waals surface area contributed by atoms with E-state index >= 15 is 0 Å². The van der Waals surface area contributed by atoms with E-state index in [0.29, 0.717) is 13.1 Å². The summed E-state index contributed by atoms with van der Waals surface area (Å²) in [5, 5.41) is 0. The van der Waals surface area contributed by atoms with Gasteiger partial charge in [-0.05, 0) is 37.1 Å². The summed E-state index contributed by atoms with van der Waals surface area (Å²) >= 11 is 0. The Kier molecular flexibility index (Phi) is 6.49. The van der Waals surface area contributed by atoms with Crippen molar-refractivity contribution in [3.05, 3.63) is 65.7 Å². The Morgan fingerprint density at radius 2 is 1.61 bits per heavy atom. The first-order valence-electron chi connectivity index (χ1n) is 9.50. The lowest BCUT2D eigenvalue weighted by Crippen LogP contribution is -2.53. The second kappa shape index (κ2) is 8.86. The second-order valence-electron chi connectivity index (χ2n) is 7.18. The molecule has 6 nitrogen and oxygen atoms in total. The number of sulfonamides is 1. The number of hydrogen-bond acceptors (Lipinski definition) is 4. The Morgan fingerprint density at radius 1 is 1.00 bits per heavy atom. The van der Waals surface area contributed by atoms with Crippen molar-refractivity contribution in [3.8, 4) is 0 Å². The number of nitrogens with one attached hydrogen (secondary N) is 1. The quantitative estimate of drug-likeness (QED) is 0.804. The number of aryl methyl sites for hydroxylation is 1. The fourth-order valence-corrected chi connectivity index (χ4v) is 4.60. The summed E-state index contributed by atoms with van der Waals surface area (Å²) in [5.74, 6) is -0.185. The van der Waals surface area contributed by atoms with E-state index in [2.05, 4.69) is 28.7 Å². The summed E-state index contributed by atoms with van der Waals surface area (Å²) in [4.78, 5) is 16.9. The van der Waals surface area contributed by atoms with Crippen LogP contribution >= 0.6 is 0 Å². The van der Waals surface area contributed by atoms with Gasteiger partial charge in [-0.3, -0.25) is 9.69 Å². The highest BCUT2D eigenvalue weighted by Crippen LogP contribution is 2.14. The van der Waals surface area contributed by atoms with Gasteiger partial charge in [0.2, 0.25) is 15.9 Å². The average molecular weight is 402 g/mol. The van der Waals surface area contributed by atoms with Crippen LogP contribution in [0.15, 0.2) is 59.5 Å². The molecule has 0 aromatic heterocycles. The number of amides is 1. The average Bonchev–Trinajstić information content (AvgIpc) is 2.70. The molecule has 1 aliphatic rings. The highest BCUT2D eigenvalue weighted by Gasteiger charge is 2.28. The predicted molar refractivity (Wildman–Crippen MR) is 109 cm³/mol. The maximum Gasteiger partial charge on any atom is 0.241 e. The van der Waals surface area contributed by atoms with Gasteiger partial charge in [-0.2, -0.15) is 4.72 Å². The molecule has 0 aliphatic carbocycles. The SMILES string of the molecule is Cc1ccccc1CN1CCN(C(=O)C(C)NS(=O)(=O)c2ccccc2)CC1. The van der Waals surface area contributed by atoms with Crippen molar-refractivity contribution >= 4 is 15.9 Å². The van der Waals surface area contributed by atoms with Crippen molar-refractivity contribution in [2.24, 2.45) is 0 Å². The third-order valence-corrected chi connectivity index (χ3v) is 6.65. The molecule has 0 radical (unpaired) electrons. The molecule has 0 saturated carbocycles. The molecule has 3 rings (SSSR count). The molecule has 1 atom stereocenters. The van der Waals surface area contributed by atoms with E-state index in [-0.39, 0.29) is 10.8 Å². The normalized spacial score (nSPS) is 16.7. The maximum absolute atomic E-state index is 12.7. The van der Waals surface area contributed by atoms with Crippen molar-refractivity contribution in [2.75, 3.05) is 26.2 Å². The molecular formula is C21H27N3O3S. The van der Waals surface area contributed by atoms with Gasteiger partial charge in [0.1, 0.15) is 0 Å². The van der Waals surface area contributed by atoms with Gasteiger partial charge in [-0.1, -0.05) is 42.5 Å². The number of nitrogens with zero attached hydrogens (tertiary/aromatic N) is 2. The van der Waals surface area contributed by atoms with E-state index in [4.69, 9.17) is 0 Å². The Morgan fingerprint density at radius 3 is 2.25 bits per heavy atom. The van der Waals surface area contributed by atoms with Crippen LogP contribution in [0, 0.1) is 6.92 Å². The van der Waals surface area contributed by atoms with Crippen molar-refractivity contribution in [3.63, 3.8) is 0 Å². The van der Waals surface area contributed by atoms with Crippen LogP contribution in [-0.2, 0) is 21.4 Å². The van der Waals surface area contributed by atoms with Crippen LogP contribution in [0.2, 0.25) is 0 Å². The van der Waals surface area contributed by atoms with Gasteiger partial charge >= 0.3 is 0 Å². The van der Waals surface area contributed by atoms with E-state index < -0.39 is 16.1 Å². The molecule has 1 aliphatic heterocycles. The molecule has 1 saturated heterocycles. The van der Waals surface area contributed by atoms with Gasteiger partial charge in [-0.15, -0.1) is 0 Å². The minimum Gasteiger partial charge on any atom is -0.339 e. The number of carbonyl (C=O) groups is 1. The molecular weight excluding hydrogens is 374 g/mol.